The molecule has 112 valence electrons. The monoisotopic (exact) mass is 293 g/mol. The highest BCUT2D eigenvalue weighted by atomic mass is 32.2. The first kappa shape index (κ1) is 16.4. The molecule has 0 N–H and O–H groups in total. The lowest BCUT2D eigenvalue weighted by Gasteiger charge is -2.34. The maximum atomic E-state index is 12.3. The van der Waals surface area contributed by atoms with Crippen molar-refractivity contribution >= 4 is 16.0 Å². The Morgan fingerprint density at radius 1 is 1.32 bits per heavy atom. The number of esters is 1. The highest BCUT2D eigenvalue weighted by molar-refractivity contribution is 7.89. The van der Waals surface area contributed by atoms with E-state index in [0.29, 0.717) is 19.6 Å². The summed E-state index contributed by atoms with van der Waals surface area (Å²) in [6, 6.07) is -0.256. The highest BCUT2D eigenvalue weighted by Crippen LogP contribution is 2.23. The van der Waals surface area contributed by atoms with Gasteiger partial charge in [0.2, 0.25) is 10.0 Å². The second-order valence-corrected chi connectivity index (χ2v) is 6.74. The summed E-state index contributed by atoms with van der Waals surface area (Å²) in [6.45, 7) is 0.922. The van der Waals surface area contributed by atoms with Crippen molar-refractivity contribution < 1.29 is 22.7 Å². The van der Waals surface area contributed by atoms with Gasteiger partial charge in [0.15, 0.2) is 0 Å². The van der Waals surface area contributed by atoms with E-state index in [-0.39, 0.29) is 24.2 Å². The van der Waals surface area contributed by atoms with Gasteiger partial charge in [0, 0.05) is 26.3 Å². The molecule has 19 heavy (non-hydrogen) atoms. The summed E-state index contributed by atoms with van der Waals surface area (Å²) in [7, 11) is -0.442. The van der Waals surface area contributed by atoms with E-state index in [2.05, 4.69) is 4.74 Å². The number of hydrogen-bond donors (Lipinski definition) is 0. The van der Waals surface area contributed by atoms with Crippen LogP contribution in [0.15, 0.2) is 0 Å². The fourth-order valence-corrected chi connectivity index (χ4v) is 4.08. The molecule has 1 saturated heterocycles. The molecule has 1 rings (SSSR count). The lowest BCUT2D eigenvalue weighted by atomic mass is 10.0. The van der Waals surface area contributed by atoms with Crippen molar-refractivity contribution in [2.24, 2.45) is 0 Å². The van der Waals surface area contributed by atoms with Gasteiger partial charge in [-0.15, -0.1) is 0 Å². The lowest BCUT2D eigenvalue weighted by molar-refractivity contribution is -0.141. The van der Waals surface area contributed by atoms with Gasteiger partial charge in [-0.05, 0) is 19.3 Å². The largest absolute Gasteiger partial charge is 0.469 e. The van der Waals surface area contributed by atoms with E-state index in [0.717, 1.165) is 19.3 Å². The van der Waals surface area contributed by atoms with Crippen molar-refractivity contribution in [3.05, 3.63) is 0 Å². The molecule has 0 radical (unpaired) electrons. The summed E-state index contributed by atoms with van der Waals surface area (Å²) in [6.07, 6.45) is 3.13. The van der Waals surface area contributed by atoms with E-state index in [1.165, 1.54) is 11.4 Å². The molecule has 0 aromatic carbocycles. The number of nitrogens with zero attached hydrogens (tertiary/aromatic N) is 1. The molecule has 7 heteroatoms. The van der Waals surface area contributed by atoms with Crippen LogP contribution in [0.4, 0.5) is 0 Å². The van der Waals surface area contributed by atoms with Crippen LogP contribution in [0.2, 0.25) is 0 Å². The maximum Gasteiger partial charge on any atom is 0.307 e. The first-order valence-electron chi connectivity index (χ1n) is 6.56. The molecule has 0 aliphatic carbocycles. The second-order valence-electron chi connectivity index (χ2n) is 4.70. The number of piperidine rings is 1. The Bertz CT molecular complexity index is 382. The SMILES string of the molecule is COCCCS(=O)(=O)N1CCCCC1CC(=O)OC. The molecule has 1 aliphatic heterocycles. The Morgan fingerprint density at radius 2 is 2.05 bits per heavy atom. The quantitative estimate of drug-likeness (QED) is 0.512. The molecule has 1 unspecified atom stereocenters. The van der Waals surface area contributed by atoms with Gasteiger partial charge in [-0.1, -0.05) is 6.42 Å². The minimum atomic E-state index is -3.31. The zero-order chi connectivity index (χ0) is 14.3. The van der Waals surface area contributed by atoms with Crippen molar-refractivity contribution in [1.82, 2.24) is 4.31 Å². The fraction of sp³-hybridized carbons (Fsp3) is 0.917. The van der Waals surface area contributed by atoms with E-state index in [9.17, 15) is 13.2 Å². The van der Waals surface area contributed by atoms with Crippen LogP contribution in [0.5, 0.6) is 0 Å². The molecule has 1 heterocycles. The zero-order valence-corrected chi connectivity index (χ0v) is 12.4. The van der Waals surface area contributed by atoms with Gasteiger partial charge < -0.3 is 9.47 Å². The third-order valence-electron chi connectivity index (χ3n) is 3.31. The molecule has 0 amide bonds. The number of methoxy groups -OCH3 is 2. The van der Waals surface area contributed by atoms with Crippen molar-refractivity contribution in [1.29, 1.82) is 0 Å². The minimum absolute atomic E-state index is 0.0680. The van der Waals surface area contributed by atoms with Gasteiger partial charge in [-0.25, -0.2) is 8.42 Å². The van der Waals surface area contributed by atoms with Gasteiger partial charge in [-0.3, -0.25) is 4.79 Å². The van der Waals surface area contributed by atoms with E-state index < -0.39 is 10.0 Å². The van der Waals surface area contributed by atoms with Gasteiger partial charge in [0.25, 0.3) is 0 Å². The summed E-state index contributed by atoms with van der Waals surface area (Å²) in [5.41, 5.74) is 0. The summed E-state index contributed by atoms with van der Waals surface area (Å²) < 4.78 is 35.5. The summed E-state index contributed by atoms with van der Waals surface area (Å²) in [4.78, 5) is 11.3. The number of sulfonamides is 1. The number of carbonyl (C=O) groups excluding carboxylic acids is 1. The van der Waals surface area contributed by atoms with Crippen LogP contribution in [-0.4, -0.2) is 57.9 Å². The summed E-state index contributed by atoms with van der Waals surface area (Å²) in [5, 5.41) is 0. The molecule has 0 aromatic rings. The van der Waals surface area contributed by atoms with Crippen molar-refractivity contribution in [3.8, 4) is 0 Å². The zero-order valence-electron chi connectivity index (χ0n) is 11.6. The van der Waals surface area contributed by atoms with Crippen LogP contribution in [0.25, 0.3) is 0 Å². The Kier molecular flexibility index (Phi) is 6.74. The third-order valence-corrected chi connectivity index (χ3v) is 5.31. The van der Waals surface area contributed by atoms with E-state index in [1.807, 2.05) is 0 Å². The smallest absolute Gasteiger partial charge is 0.307 e. The van der Waals surface area contributed by atoms with Crippen LogP contribution in [0.3, 0.4) is 0 Å². The van der Waals surface area contributed by atoms with Gasteiger partial charge in [-0.2, -0.15) is 4.31 Å². The fourth-order valence-electron chi connectivity index (χ4n) is 2.32. The average Bonchev–Trinajstić information content (AvgIpc) is 2.39. The van der Waals surface area contributed by atoms with Crippen molar-refractivity contribution in [3.63, 3.8) is 0 Å². The minimum Gasteiger partial charge on any atom is -0.469 e. The third kappa shape index (κ3) is 5.08. The molecule has 0 saturated carbocycles. The first-order valence-corrected chi connectivity index (χ1v) is 8.17. The Labute approximate surface area is 115 Å². The summed E-state index contributed by atoms with van der Waals surface area (Å²) >= 11 is 0. The Morgan fingerprint density at radius 3 is 2.68 bits per heavy atom. The van der Waals surface area contributed by atoms with E-state index >= 15 is 0 Å². The van der Waals surface area contributed by atoms with Crippen LogP contribution >= 0.6 is 0 Å². The van der Waals surface area contributed by atoms with Gasteiger partial charge in [0.1, 0.15) is 0 Å². The van der Waals surface area contributed by atoms with Gasteiger partial charge >= 0.3 is 5.97 Å². The van der Waals surface area contributed by atoms with Crippen LogP contribution < -0.4 is 0 Å². The molecular weight excluding hydrogens is 270 g/mol. The van der Waals surface area contributed by atoms with Crippen LogP contribution in [-0.2, 0) is 24.3 Å². The lowest BCUT2D eigenvalue weighted by Crippen LogP contribution is -2.45. The standard InChI is InChI=1S/C12H23NO5S/c1-17-8-5-9-19(15,16)13-7-4-3-6-11(13)10-12(14)18-2/h11H,3-10H2,1-2H3. The molecular formula is C12H23NO5S. The number of rotatable bonds is 7. The molecule has 1 atom stereocenters. The highest BCUT2D eigenvalue weighted by Gasteiger charge is 2.33. The van der Waals surface area contributed by atoms with E-state index in [1.54, 1.807) is 7.11 Å². The predicted octanol–water partition coefficient (Wildman–Crippen LogP) is 0.770. The predicted molar refractivity (Wildman–Crippen MR) is 71.3 cm³/mol. The number of ether oxygens (including phenoxy) is 2. The van der Waals surface area contributed by atoms with Crippen molar-refractivity contribution in [2.45, 2.75) is 38.1 Å². The van der Waals surface area contributed by atoms with E-state index in [4.69, 9.17) is 4.74 Å². The normalized spacial score (nSPS) is 21.3. The second kappa shape index (κ2) is 7.81. The summed E-state index contributed by atoms with van der Waals surface area (Å²) in [5.74, 6) is -0.289. The molecule has 1 fully saturated rings. The van der Waals surface area contributed by atoms with Crippen molar-refractivity contribution in [2.75, 3.05) is 33.1 Å². The maximum absolute atomic E-state index is 12.3. The Balaban J connectivity index is 2.67. The average molecular weight is 293 g/mol. The van der Waals surface area contributed by atoms with Gasteiger partial charge in [0.05, 0.1) is 19.3 Å². The Hall–Kier alpha value is -0.660. The molecule has 0 aromatic heterocycles. The topological polar surface area (TPSA) is 72.9 Å². The van der Waals surface area contributed by atoms with Crippen LogP contribution in [0.1, 0.15) is 32.1 Å². The first-order chi connectivity index (χ1) is 9.01. The molecule has 6 nitrogen and oxygen atoms in total. The molecule has 0 bridgehead atoms. The molecule has 0 spiro atoms. The number of hydrogen-bond acceptors (Lipinski definition) is 5. The molecule has 1 aliphatic rings. The van der Waals surface area contributed by atoms with Crippen LogP contribution in [0, 0.1) is 0 Å². The number of carbonyl (C=O) groups is 1.